The van der Waals surface area contributed by atoms with E-state index in [1.54, 1.807) is 32.3 Å². The van der Waals surface area contributed by atoms with E-state index in [-0.39, 0.29) is 11.8 Å². The summed E-state index contributed by atoms with van der Waals surface area (Å²) in [6.45, 7) is 2.19. The molecule has 0 bridgehead atoms. The Bertz CT molecular complexity index is 1010. The smallest absolute Gasteiger partial charge is 0.263 e. The molecule has 1 heterocycles. The van der Waals surface area contributed by atoms with Gasteiger partial charge in [0.15, 0.2) is 0 Å². The Morgan fingerprint density at radius 3 is 2.50 bits per heavy atom. The van der Waals surface area contributed by atoms with Crippen LogP contribution in [0.2, 0.25) is 5.02 Å². The first-order valence-electron chi connectivity index (χ1n) is 8.67. The van der Waals surface area contributed by atoms with Gasteiger partial charge in [-0.15, -0.1) is 11.3 Å². The summed E-state index contributed by atoms with van der Waals surface area (Å²) < 4.78 is 0. The van der Waals surface area contributed by atoms with E-state index in [4.69, 9.17) is 11.6 Å². The number of carbonyl (C=O) groups excluding carboxylic acids is 2. The van der Waals surface area contributed by atoms with Crippen LogP contribution in [0, 0.1) is 6.92 Å². The molecule has 1 aromatic heterocycles. The van der Waals surface area contributed by atoms with Gasteiger partial charge in [0.1, 0.15) is 9.88 Å². The maximum absolute atomic E-state index is 12.6. The van der Waals surface area contributed by atoms with Crippen LogP contribution >= 0.6 is 22.9 Å². The molecule has 144 valence electrons. The highest BCUT2D eigenvalue weighted by Crippen LogP contribution is 2.29. The highest BCUT2D eigenvalue weighted by Gasteiger charge is 2.16. The van der Waals surface area contributed by atoms with Crippen LogP contribution in [0.15, 0.2) is 48.5 Å². The van der Waals surface area contributed by atoms with Crippen molar-refractivity contribution in [2.75, 3.05) is 14.1 Å². The van der Waals surface area contributed by atoms with E-state index in [0.29, 0.717) is 27.7 Å². The van der Waals surface area contributed by atoms with Crippen molar-refractivity contribution < 1.29 is 9.59 Å². The molecule has 2 amide bonds. The summed E-state index contributed by atoms with van der Waals surface area (Å²) in [6.07, 6.45) is 0. The molecular weight excluding hydrogens is 394 g/mol. The maximum atomic E-state index is 12.6. The largest absolute Gasteiger partial charge is 0.347 e. The third kappa shape index (κ3) is 4.58. The average molecular weight is 414 g/mol. The fourth-order valence-corrected chi connectivity index (χ4v) is 3.81. The fraction of sp³-hybridized carbons (Fsp3) is 0.190. The number of carbonyl (C=O) groups is 2. The lowest BCUT2D eigenvalue weighted by Gasteiger charge is -2.10. The molecule has 0 spiro atoms. The SMILES string of the molecule is Cc1nc(-c2cccc(Cl)c2)sc1C(=O)NCc1ccc(C(=O)N(C)C)cc1. The Morgan fingerprint density at radius 1 is 1.14 bits per heavy atom. The zero-order valence-electron chi connectivity index (χ0n) is 15.8. The minimum atomic E-state index is -0.170. The molecule has 28 heavy (non-hydrogen) atoms. The summed E-state index contributed by atoms with van der Waals surface area (Å²) in [5.41, 5.74) is 3.11. The van der Waals surface area contributed by atoms with E-state index in [9.17, 15) is 9.59 Å². The Kier molecular flexibility index (Phi) is 6.11. The van der Waals surface area contributed by atoms with Crippen LogP contribution in [-0.4, -0.2) is 35.8 Å². The molecule has 2 aromatic carbocycles. The topological polar surface area (TPSA) is 62.3 Å². The van der Waals surface area contributed by atoms with Gasteiger partial charge in [-0.2, -0.15) is 0 Å². The number of aryl methyl sites for hydroxylation is 1. The van der Waals surface area contributed by atoms with E-state index >= 15 is 0 Å². The lowest BCUT2D eigenvalue weighted by molar-refractivity contribution is 0.0827. The Morgan fingerprint density at radius 2 is 1.86 bits per heavy atom. The van der Waals surface area contributed by atoms with E-state index < -0.39 is 0 Å². The second-order valence-corrected chi connectivity index (χ2v) is 7.96. The molecule has 3 rings (SSSR count). The van der Waals surface area contributed by atoms with Crippen LogP contribution in [0.25, 0.3) is 10.6 Å². The van der Waals surface area contributed by atoms with Crippen LogP contribution < -0.4 is 5.32 Å². The molecule has 0 saturated carbocycles. The number of halogens is 1. The number of aromatic nitrogens is 1. The molecule has 0 fully saturated rings. The second-order valence-electron chi connectivity index (χ2n) is 6.52. The van der Waals surface area contributed by atoms with Crippen molar-refractivity contribution in [1.29, 1.82) is 0 Å². The average Bonchev–Trinajstić information content (AvgIpc) is 3.07. The van der Waals surface area contributed by atoms with E-state index in [0.717, 1.165) is 16.1 Å². The van der Waals surface area contributed by atoms with Gasteiger partial charge in [-0.05, 0) is 36.8 Å². The second kappa shape index (κ2) is 8.54. The van der Waals surface area contributed by atoms with Gasteiger partial charge in [0.2, 0.25) is 0 Å². The lowest BCUT2D eigenvalue weighted by Crippen LogP contribution is -2.23. The molecule has 0 unspecified atom stereocenters. The molecule has 3 aromatic rings. The Balaban J connectivity index is 1.68. The van der Waals surface area contributed by atoms with Gasteiger partial charge >= 0.3 is 0 Å². The molecular formula is C21H20ClN3O2S. The van der Waals surface area contributed by atoms with E-state index in [1.165, 1.54) is 16.2 Å². The van der Waals surface area contributed by atoms with Gasteiger partial charge in [-0.3, -0.25) is 9.59 Å². The first-order chi connectivity index (χ1) is 13.3. The van der Waals surface area contributed by atoms with Crippen LogP contribution in [0.3, 0.4) is 0 Å². The van der Waals surface area contributed by atoms with Crippen molar-refractivity contribution in [2.24, 2.45) is 0 Å². The van der Waals surface area contributed by atoms with E-state index in [2.05, 4.69) is 10.3 Å². The van der Waals surface area contributed by atoms with Crippen molar-refractivity contribution >= 4 is 34.8 Å². The highest BCUT2D eigenvalue weighted by molar-refractivity contribution is 7.17. The van der Waals surface area contributed by atoms with Crippen molar-refractivity contribution in [3.63, 3.8) is 0 Å². The number of hydrogen-bond acceptors (Lipinski definition) is 4. The van der Waals surface area contributed by atoms with Crippen LogP contribution in [0.5, 0.6) is 0 Å². The Labute approximate surface area is 173 Å². The van der Waals surface area contributed by atoms with Crippen LogP contribution in [0.1, 0.15) is 31.3 Å². The van der Waals surface area contributed by atoms with Gasteiger partial charge in [0, 0.05) is 36.8 Å². The zero-order valence-corrected chi connectivity index (χ0v) is 17.4. The molecule has 1 N–H and O–H groups in total. The normalized spacial score (nSPS) is 10.6. The van der Waals surface area contributed by atoms with Gasteiger partial charge < -0.3 is 10.2 Å². The predicted molar refractivity (Wildman–Crippen MR) is 113 cm³/mol. The summed E-state index contributed by atoms with van der Waals surface area (Å²) >= 11 is 7.39. The maximum Gasteiger partial charge on any atom is 0.263 e. The fourth-order valence-electron chi connectivity index (χ4n) is 2.64. The predicted octanol–water partition coefficient (Wildman–Crippen LogP) is 4.40. The molecule has 0 aliphatic rings. The quantitative estimate of drug-likeness (QED) is 0.674. The van der Waals surface area contributed by atoms with Gasteiger partial charge in [0.05, 0.1) is 5.69 Å². The number of rotatable bonds is 5. The lowest BCUT2D eigenvalue weighted by atomic mass is 10.1. The van der Waals surface area contributed by atoms with Gasteiger partial charge in [-0.1, -0.05) is 35.9 Å². The summed E-state index contributed by atoms with van der Waals surface area (Å²) in [6, 6.07) is 14.6. The minimum absolute atomic E-state index is 0.0515. The first kappa shape index (κ1) is 20.0. The number of amides is 2. The summed E-state index contributed by atoms with van der Waals surface area (Å²) in [5, 5.41) is 4.31. The number of thiazole rings is 1. The standard InChI is InChI=1S/C21H20ClN3O2S/c1-13-18(28-20(24-13)16-5-4-6-17(22)11-16)19(26)23-12-14-7-9-15(10-8-14)21(27)25(2)3/h4-11H,12H2,1-3H3,(H,23,26). The molecule has 5 nitrogen and oxygen atoms in total. The molecule has 0 atom stereocenters. The zero-order chi connectivity index (χ0) is 20.3. The molecule has 0 aliphatic heterocycles. The monoisotopic (exact) mass is 413 g/mol. The number of hydrogen-bond donors (Lipinski definition) is 1. The third-order valence-corrected chi connectivity index (χ3v) is 5.57. The van der Waals surface area contributed by atoms with Gasteiger partial charge in [0.25, 0.3) is 11.8 Å². The number of nitrogens with one attached hydrogen (secondary N) is 1. The highest BCUT2D eigenvalue weighted by atomic mass is 35.5. The van der Waals surface area contributed by atoms with Crippen LogP contribution in [-0.2, 0) is 6.54 Å². The Hall–Kier alpha value is -2.70. The van der Waals surface area contributed by atoms with Crippen molar-refractivity contribution in [3.8, 4) is 10.6 Å². The van der Waals surface area contributed by atoms with Gasteiger partial charge in [-0.25, -0.2) is 4.98 Å². The molecule has 0 aliphatic carbocycles. The molecule has 0 radical (unpaired) electrons. The first-order valence-corrected chi connectivity index (χ1v) is 9.87. The minimum Gasteiger partial charge on any atom is -0.347 e. The number of benzene rings is 2. The van der Waals surface area contributed by atoms with Crippen molar-refractivity contribution in [2.45, 2.75) is 13.5 Å². The van der Waals surface area contributed by atoms with Crippen molar-refractivity contribution in [3.05, 3.63) is 75.3 Å². The van der Waals surface area contributed by atoms with E-state index in [1.807, 2.05) is 37.3 Å². The summed E-state index contributed by atoms with van der Waals surface area (Å²) in [7, 11) is 3.43. The van der Waals surface area contributed by atoms with Crippen LogP contribution in [0.4, 0.5) is 0 Å². The molecule has 7 heteroatoms. The third-order valence-electron chi connectivity index (χ3n) is 4.13. The summed E-state index contributed by atoms with van der Waals surface area (Å²) in [4.78, 5) is 31.1. The van der Waals surface area contributed by atoms with Crippen molar-refractivity contribution in [1.82, 2.24) is 15.2 Å². The number of nitrogens with zero attached hydrogens (tertiary/aromatic N) is 2. The summed E-state index contributed by atoms with van der Waals surface area (Å²) in [5.74, 6) is -0.221. The molecule has 0 saturated heterocycles.